The summed E-state index contributed by atoms with van der Waals surface area (Å²) in [4.78, 5) is 0. The molecule has 0 aromatic heterocycles. The van der Waals surface area contributed by atoms with E-state index in [1.807, 2.05) is 0 Å². The minimum atomic E-state index is -0.970. The maximum Gasteiger partial charge on any atom is 0.159 e. The van der Waals surface area contributed by atoms with Crippen LogP contribution in [0.1, 0.15) is 23.1 Å². The second-order valence-corrected chi connectivity index (χ2v) is 7.53. The maximum atomic E-state index is 14.6. The molecule has 0 saturated carbocycles. The van der Waals surface area contributed by atoms with E-state index in [0.29, 0.717) is 34.7 Å². The van der Waals surface area contributed by atoms with E-state index >= 15 is 0 Å². The van der Waals surface area contributed by atoms with Gasteiger partial charge in [0, 0.05) is 5.56 Å². The van der Waals surface area contributed by atoms with Crippen molar-refractivity contribution < 1.29 is 22.0 Å². The highest BCUT2D eigenvalue weighted by molar-refractivity contribution is 5.84. The molecular weight excluding hydrogens is 431 g/mol. The molecule has 4 rings (SSSR count). The first-order valence-corrected chi connectivity index (χ1v) is 10.2. The summed E-state index contributed by atoms with van der Waals surface area (Å²) < 4.78 is 70.5. The highest BCUT2D eigenvalue weighted by atomic mass is 19.2. The Morgan fingerprint density at radius 2 is 1.36 bits per heavy atom. The smallest absolute Gasteiger partial charge is 0.159 e. The molecule has 0 radical (unpaired) electrons. The molecule has 0 nitrogen and oxygen atoms in total. The lowest BCUT2D eigenvalue weighted by Crippen LogP contribution is -1.96. The molecule has 0 atom stereocenters. The Morgan fingerprint density at radius 1 is 0.667 bits per heavy atom. The summed E-state index contributed by atoms with van der Waals surface area (Å²) in [6.07, 6.45) is 2.70. The van der Waals surface area contributed by atoms with Crippen molar-refractivity contribution in [1.82, 2.24) is 0 Å². The van der Waals surface area contributed by atoms with Gasteiger partial charge in [-0.05, 0) is 83.3 Å². The summed E-state index contributed by atoms with van der Waals surface area (Å²) in [5, 5.41) is 0.966. The van der Waals surface area contributed by atoms with Crippen LogP contribution in [0.15, 0.2) is 73.3 Å². The molecule has 164 valence electrons. The molecule has 0 bridgehead atoms. The number of fused-ring (bicyclic) bond motifs is 1. The molecule has 0 aliphatic rings. The number of hydrogen-bond acceptors (Lipinski definition) is 0. The third-order valence-electron chi connectivity index (χ3n) is 5.22. The molecule has 5 heteroatoms. The van der Waals surface area contributed by atoms with Gasteiger partial charge in [-0.3, -0.25) is 0 Å². The zero-order chi connectivity index (χ0) is 23.5. The fourth-order valence-electron chi connectivity index (χ4n) is 3.55. The van der Waals surface area contributed by atoms with Gasteiger partial charge in [-0.15, -0.1) is 6.58 Å². The Labute approximate surface area is 188 Å². The lowest BCUT2D eigenvalue weighted by atomic mass is 9.99. The summed E-state index contributed by atoms with van der Waals surface area (Å²) in [6, 6.07) is 13.2. The van der Waals surface area contributed by atoms with Gasteiger partial charge >= 0.3 is 0 Å². The first-order chi connectivity index (χ1) is 15.9. The topological polar surface area (TPSA) is 0 Å². The van der Waals surface area contributed by atoms with Crippen molar-refractivity contribution in [2.24, 2.45) is 0 Å². The fourth-order valence-corrected chi connectivity index (χ4v) is 3.55. The highest BCUT2D eigenvalue weighted by Crippen LogP contribution is 2.29. The molecule has 0 N–H and O–H groups in total. The van der Waals surface area contributed by atoms with E-state index in [1.165, 1.54) is 24.3 Å². The molecule has 0 spiro atoms. The molecule has 0 aliphatic carbocycles. The number of benzene rings is 4. The van der Waals surface area contributed by atoms with Crippen LogP contribution in [0.2, 0.25) is 0 Å². The molecule has 4 aromatic rings. The van der Waals surface area contributed by atoms with E-state index in [1.54, 1.807) is 24.3 Å². The molecule has 0 saturated heterocycles. The van der Waals surface area contributed by atoms with Crippen molar-refractivity contribution in [3.05, 3.63) is 119 Å². The van der Waals surface area contributed by atoms with E-state index in [4.69, 9.17) is 0 Å². The minimum Gasteiger partial charge on any atom is -0.206 e. The Bertz CT molecular complexity index is 1420. The van der Waals surface area contributed by atoms with Crippen LogP contribution < -0.4 is 0 Å². The number of aryl methyl sites for hydroxylation is 1. The van der Waals surface area contributed by atoms with E-state index in [9.17, 15) is 22.0 Å². The first kappa shape index (κ1) is 22.3. The van der Waals surface area contributed by atoms with Crippen LogP contribution in [0.5, 0.6) is 0 Å². The van der Waals surface area contributed by atoms with Gasteiger partial charge in [0.2, 0.25) is 0 Å². The van der Waals surface area contributed by atoms with Crippen LogP contribution >= 0.6 is 0 Å². The van der Waals surface area contributed by atoms with Gasteiger partial charge in [-0.1, -0.05) is 30.0 Å². The van der Waals surface area contributed by atoms with Gasteiger partial charge < -0.3 is 0 Å². The summed E-state index contributed by atoms with van der Waals surface area (Å²) in [7, 11) is 0. The Morgan fingerprint density at radius 3 is 2.03 bits per heavy atom. The number of hydrogen-bond donors (Lipinski definition) is 0. The molecule has 0 heterocycles. The zero-order valence-corrected chi connectivity index (χ0v) is 17.4. The average Bonchev–Trinajstić information content (AvgIpc) is 2.77. The maximum absolute atomic E-state index is 14.6. The van der Waals surface area contributed by atoms with Crippen LogP contribution in [-0.4, -0.2) is 0 Å². The van der Waals surface area contributed by atoms with Crippen LogP contribution in [0.25, 0.3) is 21.9 Å². The van der Waals surface area contributed by atoms with Gasteiger partial charge in [0.25, 0.3) is 0 Å². The molecule has 0 fully saturated rings. The predicted octanol–water partition coefficient (Wildman–Crippen LogP) is 7.72. The van der Waals surface area contributed by atoms with Crippen molar-refractivity contribution in [3.63, 3.8) is 0 Å². The standard InChI is InChI=1S/C28H17F5/c1-2-3-4-18-12-26(32)28(27(33)13-18)21-10-9-19(23(29)15-21)7-5-17-6-8-20-14-24(30)25(31)16-22(20)11-17/h2,6,8-16H,1,3-4H2. The molecular formula is C28H17F5. The Kier molecular flexibility index (Phi) is 6.28. The Balaban J connectivity index is 1.63. The summed E-state index contributed by atoms with van der Waals surface area (Å²) in [5.41, 5.74) is 0.762. The second kappa shape index (κ2) is 9.30. The molecule has 4 aromatic carbocycles. The molecule has 0 amide bonds. The van der Waals surface area contributed by atoms with E-state index in [-0.39, 0.29) is 16.7 Å². The van der Waals surface area contributed by atoms with Crippen molar-refractivity contribution in [3.8, 4) is 23.0 Å². The van der Waals surface area contributed by atoms with Crippen LogP contribution in [-0.2, 0) is 6.42 Å². The average molecular weight is 448 g/mol. The van der Waals surface area contributed by atoms with E-state index < -0.39 is 29.1 Å². The quantitative estimate of drug-likeness (QED) is 0.170. The van der Waals surface area contributed by atoms with Gasteiger partial charge in [0.1, 0.15) is 17.5 Å². The van der Waals surface area contributed by atoms with Crippen LogP contribution in [0.3, 0.4) is 0 Å². The third kappa shape index (κ3) is 4.80. The van der Waals surface area contributed by atoms with E-state index in [2.05, 4.69) is 18.4 Å². The lowest BCUT2D eigenvalue weighted by Gasteiger charge is -2.09. The largest absolute Gasteiger partial charge is 0.206 e. The third-order valence-corrected chi connectivity index (χ3v) is 5.22. The minimum absolute atomic E-state index is 0.0348. The van der Waals surface area contributed by atoms with Crippen molar-refractivity contribution >= 4 is 10.8 Å². The molecule has 33 heavy (non-hydrogen) atoms. The van der Waals surface area contributed by atoms with Crippen LogP contribution in [0.4, 0.5) is 22.0 Å². The monoisotopic (exact) mass is 448 g/mol. The normalized spacial score (nSPS) is 10.7. The number of rotatable bonds is 4. The predicted molar refractivity (Wildman–Crippen MR) is 120 cm³/mol. The van der Waals surface area contributed by atoms with Gasteiger partial charge in [0.15, 0.2) is 11.6 Å². The Hall–Kier alpha value is -3.91. The molecule has 0 unspecified atom stereocenters. The van der Waals surface area contributed by atoms with Crippen LogP contribution in [0, 0.1) is 40.9 Å². The zero-order valence-electron chi connectivity index (χ0n) is 17.4. The van der Waals surface area contributed by atoms with Gasteiger partial charge in [0.05, 0.1) is 11.1 Å². The number of allylic oxidation sites excluding steroid dienone is 1. The summed E-state index contributed by atoms with van der Waals surface area (Å²) in [6.45, 7) is 3.59. The van der Waals surface area contributed by atoms with Crippen molar-refractivity contribution in [1.29, 1.82) is 0 Å². The highest BCUT2D eigenvalue weighted by Gasteiger charge is 2.15. The molecule has 0 aliphatic heterocycles. The number of halogens is 5. The van der Waals surface area contributed by atoms with Crippen molar-refractivity contribution in [2.45, 2.75) is 12.8 Å². The SMILES string of the molecule is C=CCCc1cc(F)c(-c2ccc(C#Cc3ccc4cc(F)c(F)cc4c3)c(F)c2)c(F)c1. The lowest BCUT2D eigenvalue weighted by molar-refractivity contribution is 0.511. The fraction of sp³-hybridized carbons (Fsp3) is 0.0714. The first-order valence-electron chi connectivity index (χ1n) is 10.2. The second-order valence-electron chi connectivity index (χ2n) is 7.53. The summed E-state index contributed by atoms with van der Waals surface area (Å²) in [5.74, 6) is 1.26. The van der Waals surface area contributed by atoms with E-state index in [0.717, 1.165) is 18.2 Å². The van der Waals surface area contributed by atoms with Crippen molar-refractivity contribution in [2.75, 3.05) is 0 Å². The van der Waals surface area contributed by atoms with Gasteiger partial charge in [-0.2, -0.15) is 0 Å². The van der Waals surface area contributed by atoms with Gasteiger partial charge in [-0.25, -0.2) is 22.0 Å². The summed E-state index contributed by atoms with van der Waals surface area (Å²) >= 11 is 0.